The van der Waals surface area contributed by atoms with Gasteiger partial charge < -0.3 is 19.8 Å². The summed E-state index contributed by atoms with van der Waals surface area (Å²) in [6.07, 6.45) is 37.1. The van der Waals surface area contributed by atoms with Gasteiger partial charge in [0.15, 0.2) is 0 Å². The van der Waals surface area contributed by atoms with Gasteiger partial charge in [-0.15, -0.1) is 0 Å². The van der Waals surface area contributed by atoms with Gasteiger partial charge in [0.05, 0.1) is 0 Å². The van der Waals surface area contributed by atoms with Crippen LogP contribution < -0.4 is 10.2 Å². The first-order valence-corrected chi connectivity index (χ1v) is 22.0. The monoisotopic (exact) mass is 856 g/mol. The molecule has 0 fully saturated rings. The van der Waals surface area contributed by atoms with Crippen LogP contribution in [-0.2, 0) is 9.59 Å². The number of unbranched alkanes of at least 4 members (excludes halogenated alkanes) is 24. The molecule has 0 aromatic heterocycles. The molecule has 0 N–H and O–H groups in total. The molecule has 0 aliphatic carbocycles. The van der Waals surface area contributed by atoms with Crippen LogP contribution in [0, 0.1) is 0 Å². The third-order valence-corrected chi connectivity index (χ3v) is 10.7. The molecular weight excluding hydrogens is 778 g/mol. The zero-order valence-electron chi connectivity index (χ0n) is 34.5. The second-order valence-electron chi connectivity index (χ2n) is 15.4. The molecule has 296 valence electrons. The molecule has 2 atom stereocenters. The molecule has 0 saturated heterocycles. The molecule has 0 spiro atoms. The summed E-state index contributed by atoms with van der Waals surface area (Å²) in [4.78, 5) is 22.0. The van der Waals surface area contributed by atoms with Gasteiger partial charge in [-0.1, -0.05) is 241 Å². The van der Waals surface area contributed by atoms with Gasteiger partial charge in [0.25, 0.3) is 0 Å². The maximum Gasteiger partial charge on any atom is 2.00 e. The van der Waals surface area contributed by atoms with Crippen molar-refractivity contribution >= 4 is 60.8 Å². The number of benzene rings is 2. The average molecular weight is 856 g/mol. The van der Waals surface area contributed by atoms with Crippen molar-refractivity contribution in [3.63, 3.8) is 0 Å². The van der Waals surface area contributed by atoms with E-state index in [0.717, 1.165) is 36.8 Å². The van der Waals surface area contributed by atoms with Gasteiger partial charge in [0, 0.05) is 11.9 Å². The van der Waals surface area contributed by atoms with Crippen molar-refractivity contribution in [1.29, 1.82) is 0 Å². The van der Waals surface area contributed by atoms with E-state index in [4.69, 9.17) is 0 Å². The second kappa shape index (κ2) is 39.2. The van der Waals surface area contributed by atoms with Crippen molar-refractivity contribution in [2.24, 2.45) is 0 Å². The minimum absolute atomic E-state index is 0. The molecule has 0 amide bonds. The molecule has 0 aliphatic heterocycles. The Bertz CT molecular complexity index is 974. The molecule has 0 heterocycles. The summed E-state index contributed by atoms with van der Waals surface area (Å²) in [7, 11) is 0. The predicted octanol–water partition coefficient (Wildman–Crippen LogP) is 12.4. The largest absolute Gasteiger partial charge is 2.00 e. The number of carbonyl (C=O) groups is 2. The zero-order chi connectivity index (χ0) is 37.7. The molecule has 4 nitrogen and oxygen atoms in total. The summed E-state index contributed by atoms with van der Waals surface area (Å²) in [6, 6.07) is 20.1. The first-order valence-electron chi connectivity index (χ1n) is 22.0. The van der Waals surface area contributed by atoms with Crippen molar-refractivity contribution in [1.82, 2.24) is 0 Å². The summed E-state index contributed by atoms with van der Waals surface area (Å²) in [5, 5.41) is 22.0. The van der Waals surface area contributed by atoms with Gasteiger partial charge in [-0.05, 0) is 48.6 Å². The van der Waals surface area contributed by atoms with Crippen molar-refractivity contribution in [3.8, 4) is 0 Å². The van der Waals surface area contributed by atoms with Crippen LogP contribution in [0.15, 0.2) is 60.7 Å². The summed E-state index contributed by atoms with van der Waals surface area (Å²) in [5.41, 5.74) is 2.27. The number of carboxylic acid groups (broad SMARTS) is 2. The molecule has 0 aliphatic rings. The Balaban J connectivity index is 0.00000100. The molecule has 2 aromatic carbocycles. The number of hydrogen-bond donors (Lipinski definition) is 0. The van der Waals surface area contributed by atoms with Gasteiger partial charge in [-0.3, -0.25) is 0 Å². The van der Waals surface area contributed by atoms with Gasteiger partial charge >= 0.3 is 48.9 Å². The van der Waals surface area contributed by atoms with Crippen LogP contribution in [0.4, 0.5) is 0 Å². The molecule has 0 radical (unpaired) electrons. The van der Waals surface area contributed by atoms with Gasteiger partial charge in [-0.2, -0.15) is 0 Å². The Morgan fingerprint density at radius 2 is 0.623 bits per heavy atom. The first-order chi connectivity index (χ1) is 25.5. The SMILES string of the molecule is CCCCCCCCCCCCCCCC(CC(=O)[O-])c1ccccc1.CCCCCCCCCCCCCCCC(CC(=O)[O-])c1ccccc1.[Ba+2]. The van der Waals surface area contributed by atoms with Crippen LogP contribution >= 0.6 is 0 Å². The van der Waals surface area contributed by atoms with Crippen LogP contribution in [0.1, 0.15) is 229 Å². The summed E-state index contributed by atoms with van der Waals surface area (Å²) < 4.78 is 0. The Morgan fingerprint density at radius 3 is 0.849 bits per heavy atom. The number of carboxylic acids is 2. The van der Waals surface area contributed by atoms with E-state index in [1.54, 1.807) is 0 Å². The molecule has 5 heteroatoms. The van der Waals surface area contributed by atoms with E-state index < -0.39 is 11.9 Å². The maximum atomic E-state index is 11.0. The van der Waals surface area contributed by atoms with E-state index in [-0.39, 0.29) is 73.6 Å². The van der Waals surface area contributed by atoms with Crippen LogP contribution in [0.5, 0.6) is 0 Å². The Labute approximate surface area is 367 Å². The first kappa shape index (κ1) is 52.0. The van der Waals surface area contributed by atoms with Crippen LogP contribution in [-0.4, -0.2) is 60.8 Å². The molecule has 2 unspecified atom stereocenters. The van der Waals surface area contributed by atoms with E-state index >= 15 is 0 Å². The second-order valence-corrected chi connectivity index (χ2v) is 15.4. The average Bonchev–Trinajstić information content (AvgIpc) is 3.15. The van der Waals surface area contributed by atoms with E-state index in [0.29, 0.717) is 0 Å². The Morgan fingerprint density at radius 1 is 0.396 bits per heavy atom. The van der Waals surface area contributed by atoms with Gasteiger partial charge in [0.2, 0.25) is 0 Å². The number of hydrogen-bond acceptors (Lipinski definition) is 4. The van der Waals surface area contributed by atoms with Crippen LogP contribution in [0.3, 0.4) is 0 Å². The zero-order valence-corrected chi connectivity index (χ0v) is 38.9. The van der Waals surface area contributed by atoms with Crippen LogP contribution in [0.25, 0.3) is 0 Å². The fourth-order valence-corrected chi connectivity index (χ4v) is 7.44. The molecule has 2 aromatic rings. The Kier molecular flexibility index (Phi) is 38.4. The fourth-order valence-electron chi connectivity index (χ4n) is 7.44. The molecular formula is C48H78BaO4. The molecule has 53 heavy (non-hydrogen) atoms. The van der Waals surface area contributed by atoms with Crippen molar-refractivity contribution in [2.75, 3.05) is 0 Å². The third-order valence-electron chi connectivity index (χ3n) is 10.7. The normalized spacial score (nSPS) is 12.0. The van der Waals surface area contributed by atoms with E-state index in [1.165, 1.54) is 154 Å². The third kappa shape index (κ3) is 32.9. The summed E-state index contributed by atoms with van der Waals surface area (Å²) in [5.74, 6) is -1.66. The van der Waals surface area contributed by atoms with E-state index in [2.05, 4.69) is 13.8 Å². The molecule has 0 saturated carbocycles. The standard InChI is InChI=1S/2C24H40O2.Ba/c2*1-2-3-4-5-6-7-8-9-10-11-12-13-15-20-23(21-24(25)26)22-18-16-14-17-19-22;/h2*14,16-19,23H,2-13,15,20-21H2,1H3,(H,25,26);/q;;+2/p-2. The molecule has 0 bridgehead atoms. The minimum Gasteiger partial charge on any atom is -0.550 e. The number of carbonyl (C=O) groups excluding carboxylic acids is 2. The summed E-state index contributed by atoms with van der Waals surface area (Å²) >= 11 is 0. The maximum absolute atomic E-state index is 11.0. The Hall–Kier alpha value is -1.05. The summed E-state index contributed by atoms with van der Waals surface area (Å²) in [6.45, 7) is 4.54. The van der Waals surface area contributed by atoms with Crippen LogP contribution in [0.2, 0.25) is 0 Å². The van der Waals surface area contributed by atoms with Gasteiger partial charge in [0.1, 0.15) is 0 Å². The smallest absolute Gasteiger partial charge is 0.550 e. The van der Waals surface area contributed by atoms with Crippen molar-refractivity contribution in [3.05, 3.63) is 71.8 Å². The minimum atomic E-state index is -0.937. The van der Waals surface area contributed by atoms with Gasteiger partial charge in [-0.25, -0.2) is 0 Å². The number of aliphatic carboxylic acids is 2. The van der Waals surface area contributed by atoms with E-state index in [9.17, 15) is 19.8 Å². The van der Waals surface area contributed by atoms with E-state index in [1.807, 2.05) is 60.7 Å². The predicted molar refractivity (Wildman–Crippen MR) is 224 cm³/mol. The van der Waals surface area contributed by atoms with Crippen molar-refractivity contribution in [2.45, 2.75) is 218 Å². The van der Waals surface area contributed by atoms with Crippen molar-refractivity contribution < 1.29 is 19.8 Å². The molecule has 2 rings (SSSR count). The number of rotatable bonds is 34. The quantitative estimate of drug-likeness (QED) is 0.0519. The fraction of sp³-hybridized carbons (Fsp3) is 0.708. The topological polar surface area (TPSA) is 80.3 Å².